The first-order chi connectivity index (χ1) is 17.4. The molecular weight excluding hydrogens is 520 g/mol. The summed E-state index contributed by atoms with van der Waals surface area (Å²) in [5, 5.41) is 17.1. The summed E-state index contributed by atoms with van der Waals surface area (Å²) in [4.78, 5) is 17.7. The lowest BCUT2D eigenvalue weighted by Crippen LogP contribution is -2.53. The lowest BCUT2D eigenvalue weighted by molar-refractivity contribution is -0.134. The molecule has 4 atom stereocenters. The molecule has 1 aromatic carbocycles. The van der Waals surface area contributed by atoms with Crippen molar-refractivity contribution in [3.63, 3.8) is 0 Å². The zero-order valence-corrected chi connectivity index (χ0v) is 23.4. The molecule has 1 saturated carbocycles. The van der Waals surface area contributed by atoms with Crippen molar-refractivity contribution in [2.24, 2.45) is 11.8 Å². The SMILES string of the molecule is C=C1C2=C(CCC(CCCO)C(=O)N1CC)NC(N[C@@H]1CCC[C@H]1C)N2Cc1ccc(OC)c(Br)c1. The summed E-state index contributed by atoms with van der Waals surface area (Å²) in [7, 11) is 1.67. The highest BCUT2D eigenvalue weighted by atomic mass is 79.9. The molecule has 0 saturated heterocycles. The van der Waals surface area contributed by atoms with E-state index in [-0.39, 0.29) is 24.7 Å². The minimum Gasteiger partial charge on any atom is -0.496 e. The van der Waals surface area contributed by atoms with Gasteiger partial charge < -0.3 is 25.0 Å². The molecule has 36 heavy (non-hydrogen) atoms. The topological polar surface area (TPSA) is 77.1 Å². The van der Waals surface area contributed by atoms with Crippen molar-refractivity contribution < 1.29 is 14.6 Å². The Labute approximate surface area is 224 Å². The molecule has 3 N–H and O–H groups in total. The van der Waals surface area contributed by atoms with E-state index in [9.17, 15) is 9.90 Å². The predicted octanol–water partition coefficient (Wildman–Crippen LogP) is 4.68. The average molecular weight is 562 g/mol. The summed E-state index contributed by atoms with van der Waals surface area (Å²) in [5.74, 6) is 1.46. The first-order valence-corrected chi connectivity index (χ1v) is 14.1. The van der Waals surface area contributed by atoms with Crippen LogP contribution in [0.3, 0.4) is 0 Å². The van der Waals surface area contributed by atoms with Gasteiger partial charge in [-0.15, -0.1) is 0 Å². The van der Waals surface area contributed by atoms with Crippen LogP contribution in [0.15, 0.2) is 46.3 Å². The lowest BCUT2D eigenvalue weighted by atomic mass is 9.92. The number of benzene rings is 1. The van der Waals surface area contributed by atoms with E-state index >= 15 is 0 Å². The van der Waals surface area contributed by atoms with Gasteiger partial charge in [-0.25, -0.2) is 0 Å². The van der Waals surface area contributed by atoms with Gasteiger partial charge in [0.05, 0.1) is 23.0 Å². The third-order valence-corrected chi connectivity index (χ3v) is 8.60. The van der Waals surface area contributed by atoms with Crippen molar-refractivity contribution in [3.05, 3.63) is 51.9 Å². The van der Waals surface area contributed by atoms with Crippen LogP contribution in [0.1, 0.15) is 64.4 Å². The number of carbonyl (C=O) groups excluding carboxylic acids is 1. The van der Waals surface area contributed by atoms with Gasteiger partial charge in [-0.1, -0.05) is 26.0 Å². The number of aliphatic hydroxyl groups excluding tert-OH is 1. The second-order valence-corrected chi connectivity index (χ2v) is 11.1. The van der Waals surface area contributed by atoms with Crippen molar-refractivity contribution in [1.29, 1.82) is 0 Å². The summed E-state index contributed by atoms with van der Waals surface area (Å²) in [5.41, 5.74) is 4.08. The van der Waals surface area contributed by atoms with Gasteiger partial charge in [0.25, 0.3) is 0 Å². The quantitative estimate of drug-likeness (QED) is 0.407. The number of nitrogens with zero attached hydrogens (tertiary/aromatic N) is 2. The van der Waals surface area contributed by atoms with Crippen LogP contribution >= 0.6 is 15.9 Å². The lowest BCUT2D eigenvalue weighted by Gasteiger charge is -2.36. The van der Waals surface area contributed by atoms with Crippen LogP contribution in [0, 0.1) is 11.8 Å². The number of aliphatic hydroxyl groups is 1. The van der Waals surface area contributed by atoms with Gasteiger partial charge >= 0.3 is 0 Å². The normalized spacial score (nSPS) is 26.7. The number of likely N-dealkylation sites (N-methyl/N-ethyl adjacent to an activating group) is 1. The highest BCUT2D eigenvalue weighted by Crippen LogP contribution is 2.37. The van der Waals surface area contributed by atoms with E-state index in [1.165, 1.54) is 19.3 Å². The number of rotatable bonds is 9. The fourth-order valence-corrected chi connectivity index (χ4v) is 6.51. The van der Waals surface area contributed by atoms with E-state index in [0.29, 0.717) is 37.9 Å². The average Bonchev–Trinajstić information content (AvgIpc) is 3.41. The van der Waals surface area contributed by atoms with Crippen LogP contribution in [0.5, 0.6) is 5.75 Å². The molecule has 2 unspecified atom stereocenters. The Hall–Kier alpha value is -2.03. The standard InChI is InChI=1S/C28H41BrN4O3/c1-5-32-19(3)26-24(13-12-21(27(32)35)9-7-15-34)31-28(30-23-10-6-8-18(23)2)33(26)17-20-11-14-25(36-4)22(29)16-20/h11,14,16,18,21,23,28,30-31,34H,3,5-10,12-13,15,17H2,1-2,4H3/t18-,21?,23-,28?/m1/s1. The Morgan fingerprint density at radius 2 is 2.11 bits per heavy atom. The minimum atomic E-state index is -0.0995. The number of hydrogen-bond acceptors (Lipinski definition) is 6. The second-order valence-electron chi connectivity index (χ2n) is 10.3. The van der Waals surface area contributed by atoms with Crippen LogP contribution in [0.25, 0.3) is 0 Å². The maximum atomic E-state index is 13.5. The second kappa shape index (κ2) is 12.0. The molecule has 0 spiro atoms. The molecule has 2 heterocycles. The van der Waals surface area contributed by atoms with Gasteiger partial charge in [-0.05, 0) is 85.0 Å². The van der Waals surface area contributed by atoms with Crippen LogP contribution in [-0.4, -0.2) is 53.4 Å². The van der Waals surface area contributed by atoms with Crippen molar-refractivity contribution >= 4 is 21.8 Å². The van der Waals surface area contributed by atoms with Gasteiger partial charge in [0.2, 0.25) is 5.91 Å². The van der Waals surface area contributed by atoms with Crippen LogP contribution in [-0.2, 0) is 11.3 Å². The largest absolute Gasteiger partial charge is 0.496 e. The first-order valence-electron chi connectivity index (χ1n) is 13.3. The molecule has 0 aromatic heterocycles. The molecule has 4 rings (SSSR count). The molecule has 3 aliphatic rings. The van der Waals surface area contributed by atoms with E-state index in [2.05, 4.69) is 57.1 Å². The molecular formula is C28H41BrN4O3. The molecule has 2 aliphatic heterocycles. The summed E-state index contributed by atoms with van der Waals surface area (Å²) in [6, 6.07) is 6.64. The van der Waals surface area contributed by atoms with Gasteiger partial charge in [0.1, 0.15) is 5.75 Å². The molecule has 7 nitrogen and oxygen atoms in total. The van der Waals surface area contributed by atoms with E-state index in [4.69, 9.17) is 4.74 Å². The molecule has 0 radical (unpaired) electrons. The Morgan fingerprint density at radius 3 is 2.75 bits per heavy atom. The minimum absolute atomic E-state index is 0.0685. The highest BCUT2D eigenvalue weighted by molar-refractivity contribution is 9.10. The van der Waals surface area contributed by atoms with Gasteiger partial charge in [0, 0.05) is 37.4 Å². The Kier molecular flexibility index (Phi) is 9.01. The number of methoxy groups -OCH3 is 1. The van der Waals surface area contributed by atoms with E-state index in [1.54, 1.807) is 7.11 Å². The summed E-state index contributed by atoms with van der Waals surface area (Å²) in [6.45, 7) is 10.2. The zero-order valence-electron chi connectivity index (χ0n) is 21.9. The summed E-state index contributed by atoms with van der Waals surface area (Å²) in [6.07, 6.45) is 6.50. The number of carbonyl (C=O) groups is 1. The van der Waals surface area contributed by atoms with Crippen molar-refractivity contribution in [3.8, 4) is 5.75 Å². The maximum Gasteiger partial charge on any atom is 0.230 e. The first kappa shape index (κ1) is 27.0. The molecule has 1 aliphatic carbocycles. The number of allylic oxidation sites excluding steroid dienone is 1. The van der Waals surface area contributed by atoms with E-state index in [0.717, 1.165) is 45.7 Å². The predicted molar refractivity (Wildman–Crippen MR) is 146 cm³/mol. The van der Waals surface area contributed by atoms with Gasteiger partial charge in [0.15, 0.2) is 6.29 Å². The maximum absolute atomic E-state index is 13.5. The number of ether oxygens (including phenoxy) is 1. The van der Waals surface area contributed by atoms with Gasteiger partial charge in [-0.2, -0.15) is 0 Å². The molecule has 8 heteroatoms. The third kappa shape index (κ3) is 5.60. The van der Waals surface area contributed by atoms with Crippen molar-refractivity contribution in [2.45, 2.75) is 77.7 Å². The molecule has 1 amide bonds. The Morgan fingerprint density at radius 1 is 1.31 bits per heavy atom. The Bertz CT molecular complexity index is 997. The van der Waals surface area contributed by atoms with Gasteiger partial charge in [-0.3, -0.25) is 10.1 Å². The number of amides is 1. The third-order valence-electron chi connectivity index (χ3n) is 7.98. The molecule has 0 bridgehead atoms. The fraction of sp³-hybridized carbons (Fsp3) is 0.607. The molecule has 1 fully saturated rings. The summed E-state index contributed by atoms with van der Waals surface area (Å²) < 4.78 is 6.36. The monoisotopic (exact) mass is 560 g/mol. The van der Waals surface area contributed by atoms with E-state index < -0.39 is 0 Å². The summed E-state index contributed by atoms with van der Waals surface area (Å²) >= 11 is 3.64. The van der Waals surface area contributed by atoms with Crippen LogP contribution in [0.2, 0.25) is 0 Å². The van der Waals surface area contributed by atoms with Crippen LogP contribution in [0.4, 0.5) is 0 Å². The zero-order chi connectivity index (χ0) is 25.8. The fourth-order valence-electron chi connectivity index (χ4n) is 5.92. The molecule has 1 aromatic rings. The number of nitrogens with one attached hydrogen (secondary N) is 2. The van der Waals surface area contributed by atoms with Crippen LogP contribution < -0.4 is 15.4 Å². The van der Waals surface area contributed by atoms with Crippen molar-refractivity contribution in [1.82, 2.24) is 20.4 Å². The Balaban J connectivity index is 1.67. The molecule has 198 valence electrons. The highest BCUT2D eigenvalue weighted by Gasteiger charge is 2.40. The number of halogens is 1. The van der Waals surface area contributed by atoms with Crippen molar-refractivity contribution in [2.75, 3.05) is 20.3 Å². The number of hydrogen-bond donors (Lipinski definition) is 3. The smallest absolute Gasteiger partial charge is 0.230 e. The van der Waals surface area contributed by atoms with E-state index in [1.807, 2.05) is 17.9 Å².